The fraction of sp³-hybridized carbons (Fsp3) is 0.417. The molecule has 2 aromatic rings. The predicted molar refractivity (Wildman–Crippen MR) is 114 cm³/mol. The summed E-state index contributed by atoms with van der Waals surface area (Å²) in [5.41, 5.74) is 7.63. The van der Waals surface area contributed by atoms with E-state index < -0.39 is 0 Å². The summed E-state index contributed by atoms with van der Waals surface area (Å²) < 4.78 is 11.8. The fourth-order valence-corrected chi connectivity index (χ4v) is 3.32. The molecule has 0 atom stereocenters. The van der Waals surface area contributed by atoms with E-state index in [1.54, 1.807) is 30.3 Å². The highest BCUT2D eigenvalue weighted by Gasteiger charge is 2.35. The van der Waals surface area contributed by atoms with Gasteiger partial charge >= 0.3 is 0 Å². The molecule has 0 heterocycles. The molecule has 3 rings (SSSR count). The molecule has 0 amide bonds. The van der Waals surface area contributed by atoms with Crippen LogP contribution in [-0.4, -0.2) is 24.8 Å². The number of hydrogen-bond acceptors (Lipinski definition) is 5. The molecule has 0 saturated carbocycles. The van der Waals surface area contributed by atoms with Crippen molar-refractivity contribution in [3.05, 3.63) is 52.6 Å². The van der Waals surface area contributed by atoms with Crippen molar-refractivity contribution in [2.45, 2.75) is 40.5 Å². The highest BCUT2D eigenvalue weighted by molar-refractivity contribution is 6.30. The Morgan fingerprint density at radius 1 is 0.793 bits per heavy atom. The molecular weight excluding hydrogens is 366 g/mol. The van der Waals surface area contributed by atoms with E-state index in [4.69, 9.17) is 15.2 Å². The van der Waals surface area contributed by atoms with Gasteiger partial charge in [0.1, 0.15) is 11.5 Å². The van der Waals surface area contributed by atoms with E-state index in [2.05, 4.69) is 27.7 Å². The molecule has 0 aliphatic heterocycles. The monoisotopic (exact) mass is 395 g/mol. The Labute approximate surface area is 172 Å². The Kier molecular flexibility index (Phi) is 6.26. The lowest BCUT2D eigenvalue weighted by Crippen LogP contribution is -2.23. The molecule has 2 N–H and O–H groups in total. The van der Waals surface area contributed by atoms with Crippen molar-refractivity contribution in [3.8, 4) is 11.5 Å². The standard InChI is InChI=1S/C24H29NO4/c1-14(2)8-10-28-19-7-5-6-17-21(19)24(27)22-18(23(17)26)12-16(25)13-20(22)29-11-9-15(3)4/h5-7,12-15H,8-11,25H2,1-4H3. The molecule has 0 saturated heterocycles. The molecule has 0 bridgehead atoms. The van der Waals surface area contributed by atoms with Crippen LogP contribution < -0.4 is 15.2 Å². The molecular formula is C24H29NO4. The van der Waals surface area contributed by atoms with E-state index in [0.29, 0.717) is 58.9 Å². The normalized spacial score (nSPS) is 12.9. The number of nitrogen functional groups attached to an aromatic ring is 1. The van der Waals surface area contributed by atoms with Gasteiger partial charge in [0.25, 0.3) is 0 Å². The Morgan fingerprint density at radius 2 is 1.38 bits per heavy atom. The van der Waals surface area contributed by atoms with E-state index >= 15 is 0 Å². The summed E-state index contributed by atoms with van der Waals surface area (Å²) >= 11 is 0. The fourth-order valence-electron chi connectivity index (χ4n) is 3.32. The Hall–Kier alpha value is -2.82. The number of hydrogen-bond donors (Lipinski definition) is 1. The maximum Gasteiger partial charge on any atom is 0.201 e. The number of ketones is 2. The Bertz CT molecular complexity index is 931. The van der Waals surface area contributed by atoms with Gasteiger partial charge in [0, 0.05) is 22.9 Å². The number of anilines is 1. The van der Waals surface area contributed by atoms with Gasteiger partial charge in [-0.1, -0.05) is 39.8 Å². The quantitative estimate of drug-likeness (QED) is 0.549. The third-order valence-electron chi connectivity index (χ3n) is 5.00. The summed E-state index contributed by atoms with van der Waals surface area (Å²) in [6, 6.07) is 8.33. The van der Waals surface area contributed by atoms with E-state index in [-0.39, 0.29) is 17.1 Å². The number of carbonyl (C=O) groups excluding carboxylic acids is 2. The number of benzene rings is 2. The zero-order valence-electron chi connectivity index (χ0n) is 17.6. The molecule has 5 heteroatoms. The van der Waals surface area contributed by atoms with Crippen molar-refractivity contribution in [3.63, 3.8) is 0 Å². The van der Waals surface area contributed by atoms with Crippen LogP contribution in [0.4, 0.5) is 5.69 Å². The van der Waals surface area contributed by atoms with E-state index in [1.807, 2.05) is 0 Å². The predicted octanol–water partition coefficient (Wildman–Crippen LogP) is 4.89. The van der Waals surface area contributed by atoms with Crippen LogP contribution in [0, 0.1) is 11.8 Å². The number of rotatable bonds is 8. The first-order chi connectivity index (χ1) is 13.8. The molecule has 0 radical (unpaired) electrons. The van der Waals surface area contributed by atoms with Gasteiger partial charge in [-0.2, -0.15) is 0 Å². The largest absolute Gasteiger partial charge is 0.493 e. The SMILES string of the molecule is CC(C)CCOc1cccc2c1C(=O)c1c(OCCC(C)C)cc(N)cc1C2=O. The molecule has 29 heavy (non-hydrogen) atoms. The molecule has 1 aliphatic rings. The summed E-state index contributed by atoms with van der Waals surface area (Å²) in [4.78, 5) is 26.6. The molecule has 0 unspecified atom stereocenters. The third-order valence-corrected chi connectivity index (χ3v) is 5.00. The van der Waals surface area contributed by atoms with E-state index in [1.165, 1.54) is 0 Å². The average Bonchev–Trinajstić information content (AvgIpc) is 2.65. The van der Waals surface area contributed by atoms with Gasteiger partial charge in [0.15, 0.2) is 5.78 Å². The molecule has 0 aromatic heterocycles. The first-order valence-corrected chi connectivity index (χ1v) is 10.2. The van der Waals surface area contributed by atoms with Crippen LogP contribution in [0.15, 0.2) is 30.3 Å². The third kappa shape index (κ3) is 4.44. The van der Waals surface area contributed by atoms with Crippen molar-refractivity contribution in [1.82, 2.24) is 0 Å². The van der Waals surface area contributed by atoms with Crippen LogP contribution in [0.5, 0.6) is 11.5 Å². The van der Waals surface area contributed by atoms with Gasteiger partial charge in [0.05, 0.1) is 24.3 Å². The minimum atomic E-state index is -0.255. The van der Waals surface area contributed by atoms with Gasteiger partial charge < -0.3 is 15.2 Å². The number of nitrogens with two attached hydrogens (primary N) is 1. The van der Waals surface area contributed by atoms with Gasteiger partial charge in [-0.3, -0.25) is 9.59 Å². The lowest BCUT2D eigenvalue weighted by molar-refractivity contribution is 0.0971. The van der Waals surface area contributed by atoms with E-state index in [0.717, 1.165) is 12.8 Å². The molecule has 0 fully saturated rings. The lowest BCUT2D eigenvalue weighted by Gasteiger charge is -2.23. The number of carbonyl (C=O) groups is 2. The highest BCUT2D eigenvalue weighted by Crippen LogP contribution is 2.38. The highest BCUT2D eigenvalue weighted by atomic mass is 16.5. The minimum absolute atomic E-state index is 0.232. The van der Waals surface area contributed by atoms with Crippen LogP contribution in [0.25, 0.3) is 0 Å². The van der Waals surface area contributed by atoms with Gasteiger partial charge in [-0.25, -0.2) is 0 Å². The van der Waals surface area contributed by atoms with Crippen molar-refractivity contribution in [1.29, 1.82) is 0 Å². The molecule has 154 valence electrons. The second kappa shape index (κ2) is 8.68. The summed E-state index contributed by atoms with van der Waals surface area (Å²) in [7, 11) is 0. The zero-order valence-corrected chi connectivity index (χ0v) is 17.6. The Morgan fingerprint density at radius 3 is 2.00 bits per heavy atom. The second-order valence-electron chi connectivity index (χ2n) is 8.34. The minimum Gasteiger partial charge on any atom is -0.493 e. The maximum absolute atomic E-state index is 13.4. The Balaban J connectivity index is 2.01. The van der Waals surface area contributed by atoms with Crippen LogP contribution in [0.1, 0.15) is 72.4 Å². The zero-order chi connectivity index (χ0) is 21.1. The second-order valence-corrected chi connectivity index (χ2v) is 8.34. The summed E-state index contributed by atoms with van der Waals surface area (Å²) in [6.07, 6.45) is 1.70. The molecule has 5 nitrogen and oxygen atoms in total. The molecule has 1 aliphatic carbocycles. The first kappa shape index (κ1) is 20.9. The van der Waals surface area contributed by atoms with Crippen molar-refractivity contribution in [2.24, 2.45) is 11.8 Å². The van der Waals surface area contributed by atoms with Gasteiger partial charge in [-0.05, 0) is 36.8 Å². The first-order valence-electron chi connectivity index (χ1n) is 10.2. The number of ether oxygens (including phenoxy) is 2. The van der Waals surface area contributed by atoms with Crippen LogP contribution >= 0.6 is 0 Å². The summed E-state index contributed by atoms with van der Waals surface area (Å²) in [5.74, 6) is 1.26. The van der Waals surface area contributed by atoms with Crippen LogP contribution in [-0.2, 0) is 0 Å². The summed E-state index contributed by atoms with van der Waals surface area (Å²) in [5, 5.41) is 0. The maximum atomic E-state index is 13.4. The molecule has 0 spiro atoms. The lowest BCUT2D eigenvalue weighted by atomic mass is 9.82. The van der Waals surface area contributed by atoms with Gasteiger partial charge in [-0.15, -0.1) is 0 Å². The smallest absolute Gasteiger partial charge is 0.201 e. The van der Waals surface area contributed by atoms with Crippen molar-refractivity contribution >= 4 is 17.3 Å². The van der Waals surface area contributed by atoms with Crippen LogP contribution in [0.2, 0.25) is 0 Å². The number of fused-ring (bicyclic) bond motifs is 2. The molecule has 2 aromatic carbocycles. The van der Waals surface area contributed by atoms with Crippen molar-refractivity contribution < 1.29 is 19.1 Å². The summed E-state index contributed by atoms with van der Waals surface area (Å²) in [6.45, 7) is 9.37. The van der Waals surface area contributed by atoms with Gasteiger partial charge in [0.2, 0.25) is 5.78 Å². The van der Waals surface area contributed by atoms with E-state index in [9.17, 15) is 9.59 Å². The average molecular weight is 395 g/mol. The van der Waals surface area contributed by atoms with Crippen LogP contribution in [0.3, 0.4) is 0 Å². The van der Waals surface area contributed by atoms with Crippen molar-refractivity contribution in [2.75, 3.05) is 18.9 Å². The topological polar surface area (TPSA) is 78.6 Å².